The van der Waals surface area contributed by atoms with Crippen LogP contribution >= 0.6 is 12.6 Å². The fourth-order valence-corrected chi connectivity index (χ4v) is 2.26. The van der Waals surface area contributed by atoms with Gasteiger partial charge in [0, 0.05) is 25.3 Å². The van der Waals surface area contributed by atoms with E-state index in [1.54, 1.807) is 0 Å². The summed E-state index contributed by atoms with van der Waals surface area (Å²) in [6, 6.07) is 7.57. The summed E-state index contributed by atoms with van der Waals surface area (Å²) >= 11 is 4.18. The highest BCUT2D eigenvalue weighted by molar-refractivity contribution is 7.79. The molecule has 0 heterocycles. The fourth-order valence-electron chi connectivity index (χ4n) is 2.05. The van der Waals surface area contributed by atoms with Crippen LogP contribution in [-0.2, 0) is 5.75 Å². The summed E-state index contributed by atoms with van der Waals surface area (Å²) in [5.74, 6) is 1.40. The minimum atomic E-state index is -1.41. The molecule has 0 aliphatic carbocycles. The molecular formula is C16H27NO6S. The molecule has 0 fully saturated rings. The molecule has 0 aliphatic rings. The number of nitrogens with one attached hydrogen (secondary N) is 1. The highest BCUT2D eigenvalue weighted by atomic mass is 32.1. The number of rotatable bonds is 12. The van der Waals surface area contributed by atoms with Crippen LogP contribution in [0.15, 0.2) is 24.3 Å². The first-order valence-corrected chi connectivity index (χ1v) is 8.47. The molecule has 1 aromatic carbocycles. The van der Waals surface area contributed by atoms with Gasteiger partial charge in [0.1, 0.15) is 18.5 Å². The number of hydrogen-bond acceptors (Lipinski definition) is 8. The molecule has 24 heavy (non-hydrogen) atoms. The molecule has 6 N–H and O–H groups in total. The Hall–Kier alpha value is -0.870. The van der Waals surface area contributed by atoms with Crippen molar-refractivity contribution in [1.82, 2.24) is 5.32 Å². The van der Waals surface area contributed by atoms with E-state index in [4.69, 9.17) is 9.84 Å². The monoisotopic (exact) mass is 361 g/mol. The summed E-state index contributed by atoms with van der Waals surface area (Å²) in [6.45, 7) is 0.391. The molecule has 1 rings (SSSR count). The summed E-state index contributed by atoms with van der Waals surface area (Å²) in [5.41, 5.74) is 1.10. The van der Waals surface area contributed by atoms with Gasteiger partial charge in [-0.3, -0.25) is 0 Å². The van der Waals surface area contributed by atoms with E-state index < -0.39 is 31.0 Å². The Morgan fingerprint density at radius 2 is 1.71 bits per heavy atom. The van der Waals surface area contributed by atoms with Gasteiger partial charge in [-0.05, 0) is 17.7 Å². The molecule has 0 aliphatic heterocycles. The van der Waals surface area contributed by atoms with Crippen LogP contribution in [0.2, 0.25) is 0 Å². The number of aliphatic hydroxyl groups is 5. The van der Waals surface area contributed by atoms with Crippen molar-refractivity contribution in [3.05, 3.63) is 29.8 Å². The second kappa shape index (κ2) is 11.6. The molecule has 0 bridgehead atoms. The zero-order valence-corrected chi connectivity index (χ0v) is 14.3. The van der Waals surface area contributed by atoms with E-state index in [-0.39, 0.29) is 13.0 Å². The topological polar surface area (TPSA) is 122 Å². The van der Waals surface area contributed by atoms with Crippen molar-refractivity contribution in [2.75, 3.05) is 26.3 Å². The van der Waals surface area contributed by atoms with E-state index in [0.717, 1.165) is 11.3 Å². The van der Waals surface area contributed by atoms with E-state index in [1.165, 1.54) is 0 Å². The fraction of sp³-hybridized carbons (Fsp3) is 0.625. The van der Waals surface area contributed by atoms with Gasteiger partial charge in [0.25, 0.3) is 0 Å². The van der Waals surface area contributed by atoms with Gasteiger partial charge < -0.3 is 35.6 Å². The van der Waals surface area contributed by atoms with Crippen LogP contribution in [0.5, 0.6) is 5.75 Å². The first kappa shape index (κ1) is 21.2. The Kier molecular flexibility index (Phi) is 10.3. The van der Waals surface area contributed by atoms with Gasteiger partial charge in [-0.1, -0.05) is 12.1 Å². The van der Waals surface area contributed by atoms with E-state index >= 15 is 0 Å². The highest BCUT2D eigenvalue weighted by Gasteiger charge is 2.26. The lowest BCUT2D eigenvalue weighted by Gasteiger charge is -2.24. The van der Waals surface area contributed by atoms with E-state index in [2.05, 4.69) is 17.9 Å². The van der Waals surface area contributed by atoms with Crippen LogP contribution in [0.1, 0.15) is 12.0 Å². The van der Waals surface area contributed by atoms with Gasteiger partial charge in [0.05, 0.1) is 24.9 Å². The molecule has 7 nitrogen and oxygen atoms in total. The summed E-state index contributed by atoms with van der Waals surface area (Å²) in [5, 5.41) is 50.0. The van der Waals surface area contributed by atoms with Crippen LogP contribution in [0.25, 0.3) is 0 Å². The Bertz CT molecular complexity index is 447. The van der Waals surface area contributed by atoms with Crippen LogP contribution < -0.4 is 10.1 Å². The van der Waals surface area contributed by atoms with Crippen molar-refractivity contribution in [1.29, 1.82) is 0 Å². The third-order valence-electron chi connectivity index (χ3n) is 3.52. The molecule has 138 valence electrons. The maximum Gasteiger partial charge on any atom is 0.119 e. The molecule has 4 atom stereocenters. The van der Waals surface area contributed by atoms with Gasteiger partial charge in [-0.25, -0.2) is 0 Å². The number of benzene rings is 1. The zero-order chi connectivity index (χ0) is 17.9. The average molecular weight is 361 g/mol. The van der Waals surface area contributed by atoms with E-state index in [9.17, 15) is 20.4 Å². The predicted molar refractivity (Wildman–Crippen MR) is 93.2 cm³/mol. The first-order chi connectivity index (χ1) is 11.5. The third-order valence-corrected chi connectivity index (χ3v) is 3.88. The Balaban J connectivity index is 2.18. The van der Waals surface area contributed by atoms with Gasteiger partial charge in [0.2, 0.25) is 0 Å². The van der Waals surface area contributed by atoms with Gasteiger partial charge >= 0.3 is 0 Å². The van der Waals surface area contributed by atoms with Gasteiger partial charge in [0.15, 0.2) is 0 Å². The van der Waals surface area contributed by atoms with Crippen molar-refractivity contribution < 1.29 is 30.3 Å². The van der Waals surface area contributed by atoms with Gasteiger partial charge in [-0.15, -0.1) is 0 Å². The van der Waals surface area contributed by atoms with Crippen molar-refractivity contribution in [3.8, 4) is 5.75 Å². The van der Waals surface area contributed by atoms with Crippen molar-refractivity contribution in [2.45, 2.75) is 36.6 Å². The van der Waals surface area contributed by atoms with Crippen molar-refractivity contribution in [2.24, 2.45) is 0 Å². The lowest BCUT2D eigenvalue weighted by molar-refractivity contribution is -0.0764. The highest BCUT2D eigenvalue weighted by Crippen LogP contribution is 2.13. The quantitative estimate of drug-likeness (QED) is 0.187. The molecule has 0 aromatic heterocycles. The minimum Gasteiger partial charge on any atom is -0.492 e. The molecule has 0 saturated heterocycles. The largest absolute Gasteiger partial charge is 0.492 e. The summed E-state index contributed by atoms with van der Waals surface area (Å²) in [6.07, 6.45) is -5.25. The van der Waals surface area contributed by atoms with E-state index in [1.807, 2.05) is 24.3 Å². The van der Waals surface area contributed by atoms with Crippen molar-refractivity contribution >= 4 is 12.6 Å². The molecule has 0 amide bonds. The normalized spacial score (nSPS) is 16.4. The van der Waals surface area contributed by atoms with Gasteiger partial charge in [-0.2, -0.15) is 12.6 Å². The lowest BCUT2D eigenvalue weighted by Crippen LogP contribution is -2.45. The SMILES string of the molecule is OC[C@@H](O)C[C@@H](O)[C@H](O)[C@@H](O)CNCCOc1ccc(CS)cc1. The first-order valence-electron chi connectivity index (χ1n) is 7.84. The Morgan fingerprint density at radius 3 is 2.29 bits per heavy atom. The van der Waals surface area contributed by atoms with Crippen LogP contribution in [0.4, 0.5) is 0 Å². The van der Waals surface area contributed by atoms with Crippen molar-refractivity contribution in [3.63, 3.8) is 0 Å². The predicted octanol–water partition coefficient (Wildman–Crippen LogP) is -1.09. The smallest absolute Gasteiger partial charge is 0.119 e. The van der Waals surface area contributed by atoms with Crippen LogP contribution in [0.3, 0.4) is 0 Å². The standard InChI is InChI=1S/C16H27NO6S/c18-9-12(19)7-14(20)16(22)15(21)8-17-5-6-23-13-3-1-11(10-24)2-4-13/h1-4,12,14-22,24H,5-10H2/t12-,14+,15-,16-/m0/s1. The second-order valence-electron chi connectivity index (χ2n) is 5.55. The molecule has 0 unspecified atom stereocenters. The van der Waals surface area contributed by atoms with Crippen LogP contribution in [0, 0.1) is 0 Å². The number of ether oxygens (including phenoxy) is 1. The Morgan fingerprint density at radius 1 is 1.04 bits per heavy atom. The van der Waals surface area contributed by atoms with E-state index in [0.29, 0.717) is 18.9 Å². The molecule has 0 radical (unpaired) electrons. The maximum atomic E-state index is 9.78. The Labute approximate surface area is 147 Å². The second-order valence-corrected chi connectivity index (χ2v) is 5.87. The summed E-state index contributed by atoms with van der Waals surface area (Å²) in [4.78, 5) is 0. The minimum absolute atomic E-state index is 0.0649. The number of aliphatic hydroxyl groups excluding tert-OH is 5. The summed E-state index contributed by atoms with van der Waals surface area (Å²) in [7, 11) is 0. The molecule has 0 spiro atoms. The average Bonchev–Trinajstić information content (AvgIpc) is 2.60. The number of thiol groups is 1. The molecule has 0 saturated carbocycles. The lowest BCUT2D eigenvalue weighted by atomic mass is 10.0. The molecular weight excluding hydrogens is 334 g/mol. The summed E-state index contributed by atoms with van der Waals surface area (Å²) < 4.78 is 5.52. The zero-order valence-electron chi connectivity index (χ0n) is 13.5. The molecule has 8 heteroatoms. The number of hydrogen-bond donors (Lipinski definition) is 7. The third kappa shape index (κ3) is 7.80. The molecule has 1 aromatic rings. The maximum absolute atomic E-state index is 9.78. The van der Waals surface area contributed by atoms with Crippen LogP contribution in [-0.4, -0.2) is 76.3 Å².